The van der Waals surface area contributed by atoms with E-state index in [1.54, 1.807) is 0 Å². The second kappa shape index (κ2) is 5.87. The van der Waals surface area contributed by atoms with Crippen molar-refractivity contribution in [3.8, 4) is 5.75 Å². The fraction of sp³-hybridized carbons (Fsp3) is 0.571. The lowest BCUT2D eigenvalue weighted by Crippen LogP contribution is -2.23. The summed E-state index contributed by atoms with van der Waals surface area (Å²) < 4.78 is 7.14. The fourth-order valence-corrected chi connectivity index (χ4v) is 2.86. The van der Waals surface area contributed by atoms with Crippen molar-refractivity contribution >= 4 is 15.9 Å². The predicted molar refractivity (Wildman–Crippen MR) is 74.1 cm³/mol. The Kier molecular flexibility index (Phi) is 4.46. The van der Waals surface area contributed by atoms with Gasteiger partial charge in [-0.2, -0.15) is 0 Å². The van der Waals surface area contributed by atoms with Crippen LogP contribution in [0.5, 0.6) is 5.75 Å². The van der Waals surface area contributed by atoms with Gasteiger partial charge in [-0.05, 0) is 53.6 Å². The van der Waals surface area contributed by atoms with E-state index in [1.807, 2.05) is 18.2 Å². The van der Waals surface area contributed by atoms with Crippen molar-refractivity contribution in [2.24, 2.45) is 11.7 Å². The molecule has 0 bridgehead atoms. The number of nitrogens with two attached hydrogens (primary N) is 1. The summed E-state index contributed by atoms with van der Waals surface area (Å²) in [4.78, 5) is 0. The first-order valence-electron chi connectivity index (χ1n) is 6.34. The first-order chi connectivity index (χ1) is 8.20. The van der Waals surface area contributed by atoms with Crippen LogP contribution in [0, 0.1) is 5.92 Å². The highest BCUT2D eigenvalue weighted by molar-refractivity contribution is 9.10. The van der Waals surface area contributed by atoms with Crippen molar-refractivity contribution in [1.82, 2.24) is 0 Å². The summed E-state index contributed by atoms with van der Waals surface area (Å²) in [6, 6.07) is 6.05. The molecule has 1 fully saturated rings. The van der Waals surface area contributed by atoms with E-state index in [-0.39, 0.29) is 0 Å². The molecule has 1 aliphatic rings. The number of hydrogen-bond donors (Lipinski definition) is 1. The van der Waals surface area contributed by atoms with Gasteiger partial charge in [0.25, 0.3) is 0 Å². The minimum atomic E-state index is 0.357. The van der Waals surface area contributed by atoms with Gasteiger partial charge in [0, 0.05) is 12.1 Å². The quantitative estimate of drug-likeness (QED) is 0.919. The summed E-state index contributed by atoms with van der Waals surface area (Å²) in [7, 11) is 0. The molecule has 0 aromatic heterocycles. The summed E-state index contributed by atoms with van der Waals surface area (Å²) in [5.74, 6) is 1.79. The van der Waals surface area contributed by atoms with Crippen molar-refractivity contribution in [1.29, 1.82) is 0 Å². The second-order valence-corrected chi connectivity index (χ2v) is 5.79. The first kappa shape index (κ1) is 12.9. The average Bonchev–Trinajstić information content (AvgIpc) is 2.34. The van der Waals surface area contributed by atoms with E-state index >= 15 is 0 Å². The summed E-state index contributed by atoms with van der Waals surface area (Å²) in [5, 5.41) is 0. The molecule has 1 saturated carbocycles. The maximum Gasteiger partial charge on any atom is 0.138 e. The summed E-state index contributed by atoms with van der Waals surface area (Å²) in [6.07, 6.45) is 5.22. The molecule has 3 heteroatoms. The van der Waals surface area contributed by atoms with Crippen molar-refractivity contribution in [2.45, 2.75) is 45.3 Å². The Morgan fingerprint density at radius 3 is 2.65 bits per heavy atom. The van der Waals surface area contributed by atoms with E-state index in [9.17, 15) is 0 Å². The topological polar surface area (TPSA) is 35.2 Å². The molecule has 94 valence electrons. The molecule has 1 aliphatic carbocycles. The maximum absolute atomic E-state index is 6.13. The molecule has 1 aromatic carbocycles. The monoisotopic (exact) mass is 297 g/mol. The van der Waals surface area contributed by atoms with Crippen LogP contribution >= 0.6 is 15.9 Å². The number of rotatable bonds is 3. The number of hydrogen-bond acceptors (Lipinski definition) is 2. The summed E-state index contributed by atoms with van der Waals surface area (Å²) in [6.45, 7) is 2.85. The third kappa shape index (κ3) is 3.23. The molecule has 17 heavy (non-hydrogen) atoms. The zero-order chi connectivity index (χ0) is 12.3. The highest BCUT2D eigenvalue weighted by atomic mass is 79.9. The zero-order valence-corrected chi connectivity index (χ0v) is 11.9. The van der Waals surface area contributed by atoms with Crippen LogP contribution in [-0.2, 0) is 6.54 Å². The molecule has 0 aliphatic heterocycles. The molecule has 0 heterocycles. The molecular weight excluding hydrogens is 278 g/mol. The smallest absolute Gasteiger partial charge is 0.138 e. The third-order valence-electron chi connectivity index (χ3n) is 3.52. The van der Waals surface area contributed by atoms with E-state index in [0.717, 1.165) is 34.5 Å². The van der Waals surface area contributed by atoms with Crippen LogP contribution in [-0.4, -0.2) is 6.10 Å². The Morgan fingerprint density at radius 1 is 1.29 bits per heavy atom. The van der Waals surface area contributed by atoms with Crippen molar-refractivity contribution < 1.29 is 4.74 Å². The minimum absolute atomic E-state index is 0.357. The molecule has 2 nitrogen and oxygen atoms in total. The fourth-order valence-electron chi connectivity index (χ4n) is 2.36. The van der Waals surface area contributed by atoms with Gasteiger partial charge in [0.1, 0.15) is 5.75 Å². The van der Waals surface area contributed by atoms with Crippen LogP contribution in [0.1, 0.15) is 38.2 Å². The number of benzene rings is 1. The first-order valence-corrected chi connectivity index (χ1v) is 7.14. The van der Waals surface area contributed by atoms with Crippen molar-refractivity contribution in [3.05, 3.63) is 28.2 Å². The number of para-hydroxylation sites is 1. The van der Waals surface area contributed by atoms with Crippen LogP contribution in [0.3, 0.4) is 0 Å². The van der Waals surface area contributed by atoms with E-state index in [4.69, 9.17) is 10.5 Å². The minimum Gasteiger partial charge on any atom is -0.489 e. The molecule has 2 rings (SSSR count). The van der Waals surface area contributed by atoms with E-state index < -0.39 is 0 Å². The highest BCUT2D eigenvalue weighted by Gasteiger charge is 2.21. The molecule has 0 atom stereocenters. The SMILES string of the molecule is CC1CCC(Oc2c(Br)cccc2CN)CC1. The van der Waals surface area contributed by atoms with Gasteiger partial charge in [-0.3, -0.25) is 0 Å². The lowest BCUT2D eigenvalue weighted by Gasteiger charge is -2.28. The van der Waals surface area contributed by atoms with Gasteiger partial charge in [0.15, 0.2) is 0 Å². The van der Waals surface area contributed by atoms with Crippen LogP contribution in [0.15, 0.2) is 22.7 Å². The second-order valence-electron chi connectivity index (χ2n) is 4.93. The normalized spacial score (nSPS) is 24.6. The van der Waals surface area contributed by atoms with Gasteiger partial charge < -0.3 is 10.5 Å². The molecule has 2 N–H and O–H groups in total. The Bertz CT molecular complexity index is 372. The van der Waals surface area contributed by atoms with Crippen molar-refractivity contribution in [2.75, 3.05) is 0 Å². The Labute approximate surface area is 112 Å². The molecule has 0 unspecified atom stereocenters. The van der Waals surface area contributed by atoms with Crippen LogP contribution < -0.4 is 10.5 Å². The Balaban J connectivity index is 2.07. The third-order valence-corrected chi connectivity index (χ3v) is 4.14. The largest absolute Gasteiger partial charge is 0.489 e. The van der Waals surface area contributed by atoms with Gasteiger partial charge in [-0.25, -0.2) is 0 Å². The molecule has 1 aromatic rings. The maximum atomic E-state index is 6.13. The highest BCUT2D eigenvalue weighted by Crippen LogP contribution is 2.33. The van der Waals surface area contributed by atoms with Crippen molar-refractivity contribution in [3.63, 3.8) is 0 Å². The van der Waals surface area contributed by atoms with Crippen LogP contribution in [0.25, 0.3) is 0 Å². The summed E-state index contributed by atoms with van der Waals surface area (Å²) in [5.41, 5.74) is 6.83. The summed E-state index contributed by atoms with van der Waals surface area (Å²) >= 11 is 3.55. The lowest BCUT2D eigenvalue weighted by molar-refractivity contribution is 0.133. The van der Waals surface area contributed by atoms with Crippen LogP contribution in [0.2, 0.25) is 0 Å². The van der Waals surface area contributed by atoms with Gasteiger partial charge in [0.2, 0.25) is 0 Å². The Hall–Kier alpha value is -0.540. The molecule has 0 amide bonds. The standard InChI is InChI=1S/C14H20BrNO/c1-10-5-7-12(8-6-10)17-14-11(9-16)3-2-4-13(14)15/h2-4,10,12H,5-9,16H2,1H3. The van der Waals surface area contributed by atoms with Crippen LogP contribution in [0.4, 0.5) is 0 Å². The molecule has 0 saturated heterocycles. The lowest BCUT2D eigenvalue weighted by atomic mass is 9.89. The van der Waals surface area contributed by atoms with E-state index in [2.05, 4.69) is 22.9 Å². The Morgan fingerprint density at radius 2 is 2.00 bits per heavy atom. The number of halogens is 1. The van der Waals surface area contributed by atoms with Gasteiger partial charge in [0.05, 0.1) is 10.6 Å². The van der Waals surface area contributed by atoms with Gasteiger partial charge in [-0.15, -0.1) is 0 Å². The zero-order valence-electron chi connectivity index (χ0n) is 10.3. The van der Waals surface area contributed by atoms with Gasteiger partial charge >= 0.3 is 0 Å². The van der Waals surface area contributed by atoms with Gasteiger partial charge in [-0.1, -0.05) is 19.1 Å². The average molecular weight is 298 g/mol. The molecule has 0 spiro atoms. The predicted octanol–water partition coefficient (Wildman–Crippen LogP) is 3.87. The van der Waals surface area contributed by atoms with E-state index in [0.29, 0.717) is 12.6 Å². The van der Waals surface area contributed by atoms with E-state index in [1.165, 1.54) is 12.8 Å². The molecule has 0 radical (unpaired) electrons. The number of ether oxygens (including phenoxy) is 1. The molecular formula is C14H20BrNO.